The summed E-state index contributed by atoms with van der Waals surface area (Å²) in [4.78, 5) is 2.24. The van der Waals surface area contributed by atoms with Gasteiger partial charge in [-0.3, -0.25) is 0 Å². The smallest absolute Gasteiger partial charge is 0.148 e. The first-order chi connectivity index (χ1) is 9.46. The standard InChI is InChI=1S/C15H23NO3S/c1-20(18,19)8-7-16-6-5-14(11-16)9-13-3-2-4-15(10-13)12-17/h2-4,10,14,17H,5-9,11-12H2,1H3. The number of hydrogen-bond donors (Lipinski definition) is 1. The first-order valence-electron chi connectivity index (χ1n) is 7.05. The van der Waals surface area contributed by atoms with E-state index in [1.807, 2.05) is 12.1 Å². The summed E-state index contributed by atoms with van der Waals surface area (Å²) in [5.41, 5.74) is 2.21. The molecule has 1 aromatic rings. The number of nitrogens with zero attached hydrogens (tertiary/aromatic N) is 1. The molecule has 1 N–H and O–H groups in total. The van der Waals surface area contributed by atoms with Crippen LogP contribution in [0.25, 0.3) is 0 Å². The van der Waals surface area contributed by atoms with Crippen molar-refractivity contribution >= 4 is 9.84 Å². The van der Waals surface area contributed by atoms with Crippen LogP contribution >= 0.6 is 0 Å². The molecule has 1 aromatic carbocycles. The summed E-state index contributed by atoms with van der Waals surface area (Å²) in [7, 11) is -2.87. The highest BCUT2D eigenvalue weighted by atomic mass is 32.2. The van der Waals surface area contributed by atoms with E-state index in [0.717, 1.165) is 31.5 Å². The maximum atomic E-state index is 11.2. The Bertz CT molecular complexity index is 542. The van der Waals surface area contributed by atoms with Crippen LogP contribution in [0.15, 0.2) is 24.3 Å². The first-order valence-corrected chi connectivity index (χ1v) is 9.11. The molecule has 0 aliphatic carbocycles. The third-order valence-corrected chi connectivity index (χ3v) is 4.77. The van der Waals surface area contributed by atoms with E-state index in [-0.39, 0.29) is 12.4 Å². The second-order valence-electron chi connectivity index (χ2n) is 5.77. The highest BCUT2D eigenvalue weighted by Gasteiger charge is 2.23. The molecule has 1 heterocycles. The molecule has 5 heteroatoms. The molecule has 0 bridgehead atoms. The van der Waals surface area contributed by atoms with E-state index in [2.05, 4.69) is 17.0 Å². The molecular formula is C15H23NO3S. The average Bonchev–Trinajstić information content (AvgIpc) is 2.83. The van der Waals surface area contributed by atoms with E-state index in [0.29, 0.717) is 12.5 Å². The predicted octanol–water partition coefficient (Wildman–Crippen LogP) is 1.09. The van der Waals surface area contributed by atoms with Gasteiger partial charge >= 0.3 is 0 Å². The van der Waals surface area contributed by atoms with Crippen molar-refractivity contribution in [3.8, 4) is 0 Å². The number of likely N-dealkylation sites (tertiary alicyclic amines) is 1. The van der Waals surface area contributed by atoms with Crippen molar-refractivity contribution in [2.45, 2.75) is 19.4 Å². The fraction of sp³-hybridized carbons (Fsp3) is 0.600. The minimum absolute atomic E-state index is 0.0823. The van der Waals surface area contributed by atoms with Crippen LogP contribution in [-0.4, -0.2) is 50.1 Å². The fourth-order valence-electron chi connectivity index (χ4n) is 2.77. The summed E-state index contributed by atoms with van der Waals surface area (Å²) >= 11 is 0. The van der Waals surface area contributed by atoms with Crippen LogP contribution in [0.5, 0.6) is 0 Å². The zero-order valence-electron chi connectivity index (χ0n) is 12.0. The van der Waals surface area contributed by atoms with Crippen molar-refractivity contribution in [1.29, 1.82) is 0 Å². The predicted molar refractivity (Wildman–Crippen MR) is 80.3 cm³/mol. The van der Waals surface area contributed by atoms with E-state index in [9.17, 15) is 8.42 Å². The lowest BCUT2D eigenvalue weighted by Gasteiger charge is -2.15. The quantitative estimate of drug-likeness (QED) is 0.854. The van der Waals surface area contributed by atoms with Crippen molar-refractivity contribution in [3.63, 3.8) is 0 Å². The maximum Gasteiger partial charge on any atom is 0.148 e. The molecule has 1 fully saturated rings. The molecule has 2 rings (SSSR count). The Morgan fingerprint density at radius 1 is 1.35 bits per heavy atom. The van der Waals surface area contributed by atoms with Crippen LogP contribution in [-0.2, 0) is 22.9 Å². The molecule has 1 unspecified atom stereocenters. The molecule has 112 valence electrons. The van der Waals surface area contributed by atoms with Gasteiger partial charge in [0.15, 0.2) is 0 Å². The lowest BCUT2D eigenvalue weighted by atomic mass is 9.97. The van der Waals surface area contributed by atoms with E-state index in [1.54, 1.807) is 0 Å². The molecule has 0 radical (unpaired) electrons. The largest absolute Gasteiger partial charge is 0.392 e. The fourth-order valence-corrected chi connectivity index (χ4v) is 3.36. The zero-order chi connectivity index (χ0) is 14.6. The van der Waals surface area contributed by atoms with Crippen LogP contribution in [0.2, 0.25) is 0 Å². The Hall–Kier alpha value is -0.910. The number of benzene rings is 1. The van der Waals surface area contributed by atoms with E-state index in [1.165, 1.54) is 11.8 Å². The highest BCUT2D eigenvalue weighted by Crippen LogP contribution is 2.21. The van der Waals surface area contributed by atoms with Gasteiger partial charge in [-0.25, -0.2) is 8.42 Å². The van der Waals surface area contributed by atoms with Gasteiger partial charge in [0.2, 0.25) is 0 Å². The molecule has 1 aliphatic rings. The molecule has 0 spiro atoms. The van der Waals surface area contributed by atoms with Crippen molar-refractivity contribution in [2.24, 2.45) is 5.92 Å². The second-order valence-corrected chi connectivity index (χ2v) is 8.03. The summed E-state index contributed by atoms with van der Waals surface area (Å²) in [6.45, 7) is 2.68. The van der Waals surface area contributed by atoms with Gasteiger partial charge in [-0.2, -0.15) is 0 Å². The monoisotopic (exact) mass is 297 g/mol. The van der Waals surface area contributed by atoms with Crippen LogP contribution in [0.3, 0.4) is 0 Å². The molecule has 0 saturated carbocycles. The summed E-state index contributed by atoms with van der Waals surface area (Å²) in [6, 6.07) is 8.06. The first kappa shape index (κ1) is 15.5. The van der Waals surface area contributed by atoms with Gasteiger partial charge in [-0.05, 0) is 36.4 Å². The van der Waals surface area contributed by atoms with Gasteiger partial charge in [-0.15, -0.1) is 0 Å². The Morgan fingerprint density at radius 2 is 2.10 bits per heavy atom. The lowest BCUT2D eigenvalue weighted by Crippen LogP contribution is -2.27. The van der Waals surface area contributed by atoms with Crippen molar-refractivity contribution in [1.82, 2.24) is 4.90 Å². The normalized spacial score (nSPS) is 20.4. The number of sulfone groups is 1. The maximum absolute atomic E-state index is 11.2. The third kappa shape index (κ3) is 4.89. The molecular weight excluding hydrogens is 274 g/mol. The van der Waals surface area contributed by atoms with Crippen LogP contribution in [0.1, 0.15) is 17.5 Å². The number of aliphatic hydroxyl groups is 1. The van der Waals surface area contributed by atoms with Crippen molar-refractivity contribution in [3.05, 3.63) is 35.4 Å². The molecule has 1 saturated heterocycles. The van der Waals surface area contributed by atoms with Crippen LogP contribution in [0, 0.1) is 5.92 Å². The molecule has 0 aromatic heterocycles. The summed E-state index contributed by atoms with van der Waals surface area (Å²) < 4.78 is 22.4. The number of hydrogen-bond acceptors (Lipinski definition) is 4. The van der Waals surface area contributed by atoms with E-state index >= 15 is 0 Å². The Balaban J connectivity index is 1.83. The van der Waals surface area contributed by atoms with Crippen molar-refractivity contribution < 1.29 is 13.5 Å². The van der Waals surface area contributed by atoms with Gasteiger partial charge in [0.1, 0.15) is 9.84 Å². The highest BCUT2D eigenvalue weighted by molar-refractivity contribution is 7.90. The minimum Gasteiger partial charge on any atom is -0.392 e. The topological polar surface area (TPSA) is 57.6 Å². The van der Waals surface area contributed by atoms with Gasteiger partial charge in [0.05, 0.1) is 12.4 Å². The Labute approximate surface area is 121 Å². The van der Waals surface area contributed by atoms with E-state index < -0.39 is 9.84 Å². The molecule has 0 amide bonds. The van der Waals surface area contributed by atoms with Crippen LogP contribution in [0.4, 0.5) is 0 Å². The molecule has 20 heavy (non-hydrogen) atoms. The van der Waals surface area contributed by atoms with Gasteiger partial charge in [0, 0.05) is 19.3 Å². The second kappa shape index (κ2) is 6.70. The number of rotatable bonds is 6. The van der Waals surface area contributed by atoms with Crippen LogP contribution < -0.4 is 0 Å². The van der Waals surface area contributed by atoms with Gasteiger partial charge < -0.3 is 10.0 Å². The Kier molecular flexibility index (Phi) is 5.18. The summed E-state index contributed by atoms with van der Waals surface area (Å²) in [6.07, 6.45) is 3.41. The lowest BCUT2D eigenvalue weighted by molar-refractivity contribution is 0.281. The van der Waals surface area contributed by atoms with Crippen molar-refractivity contribution in [2.75, 3.05) is 31.6 Å². The van der Waals surface area contributed by atoms with Gasteiger partial charge in [0.25, 0.3) is 0 Å². The third-order valence-electron chi connectivity index (χ3n) is 3.85. The average molecular weight is 297 g/mol. The number of aliphatic hydroxyl groups excluding tert-OH is 1. The zero-order valence-corrected chi connectivity index (χ0v) is 12.8. The minimum atomic E-state index is -2.87. The summed E-state index contributed by atoms with van der Waals surface area (Å²) in [5.74, 6) is 0.836. The molecule has 4 nitrogen and oxygen atoms in total. The Morgan fingerprint density at radius 3 is 2.80 bits per heavy atom. The molecule has 1 aliphatic heterocycles. The molecule has 1 atom stereocenters. The summed E-state index contributed by atoms with van der Waals surface area (Å²) in [5, 5.41) is 9.15. The van der Waals surface area contributed by atoms with E-state index in [4.69, 9.17) is 5.11 Å². The SMILES string of the molecule is CS(=O)(=O)CCN1CCC(Cc2cccc(CO)c2)C1. The van der Waals surface area contributed by atoms with Gasteiger partial charge in [-0.1, -0.05) is 24.3 Å².